The molecule has 6 nitrogen and oxygen atoms in total. The summed E-state index contributed by atoms with van der Waals surface area (Å²) in [5, 5.41) is 26.3. The van der Waals surface area contributed by atoms with Gasteiger partial charge in [-0.2, -0.15) is 0 Å². The van der Waals surface area contributed by atoms with E-state index in [1.54, 1.807) is 6.07 Å². The number of carboxylic acid groups (broad SMARTS) is 2. The van der Waals surface area contributed by atoms with E-state index in [1.165, 1.54) is 12.1 Å². The molecule has 0 heterocycles. The van der Waals surface area contributed by atoms with Crippen LogP contribution in [0.5, 0.6) is 0 Å². The summed E-state index contributed by atoms with van der Waals surface area (Å²) in [6, 6.07) is 4.15. The predicted molar refractivity (Wildman–Crippen MR) is 62.0 cm³/mol. The minimum atomic E-state index is -1.27. The highest BCUT2D eigenvalue weighted by Gasteiger charge is 2.16. The van der Waals surface area contributed by atoms with Crippen LogP contribution in [0.15, 0.2) is 18.2 Å². The number of benzene rings is 1. The predicted octanol–water partition coefficient (Wildman–Crippen LogP) is 0.634. The van der Waals surface area contributed by atoms with Gasteiger partial charge in [0.15, 0.2) is 0 Å². The van der Waals surface area contributed by atoms with Crippen LogP contribution in [-0.2, 0) is 11.2 Å². The Labute approximate surface area is 103 Å². The van der Waals surface area contributed by atoms with Crippen molar-refractivity contribution in [3.8, 4) is 0 Å². The summed E-state index contributed by atoms with van der Waals surface area (Å²) in [5.41, 5.74) is 0.208. The standard InChI is InChI=1S/C12H14O6/c13-4-6-18-5-3-8-1-2-9(11(14)15)10(7-8)12(16)17/h1-2,7,13H,3-6H2,(H,14,15)(H,16,17). The Kier molecular flexibility index (Phi) is 5.29. The van der Waals surface area contributed by atoms with Gasteiger partial charge >= 0.3 is 11.9 Å². The fraction of sp³-hybridized carbons (Fsp3) is 0.333. The van der Waals surface area contributed by atoms with Gasteiger partial charge in [0.2, 0.25) is 0 Å². The van der Waals surface area contributed by atoms with E-state index in [4.69, 9.17) is 20.1 Å². The lowest BCUT2D eigenvalue weighted by atomic mass is 10.0. The molecule has 0 saturated heterocycles. The summed E-state index contributed by atoms with van der Waals surface area (Å²) in [6.45, 7) is 0.489. The smallest absolute Gasteiger partial charge is 0.336 e. The molecule has 0 saturated carbocycles. The van der Waals surface area contributed by atoms with Crippen LogP contribution >= 0.6 is 0 Å². The van der Waals surface area contributed by atoms with Gasteiger partial charge in [-0.25, -0.2) is 9.59 Å². The minimum Gasteiger partial charge on any atom is -0.478 e. The number of hydrogen-bond acceptors (Lipinski definition) is 4. The van der Waals surface area contributed by atoms with Crippen LogP contribution in [0.25, 0.3) is 0 Å². The summed E-state index contributed by atoms with van der Waals surface area (Å²) in [5.74, 6) is -2.54. The largest absolute Gasteiger partial charge is 0.478 e. The molecule has 0 aromatic heterocycles. The van der Waals surface area contributed by atoms with Gasteiger partial charge in [0, 0.05) is 0 Å². The van der Waals surface area contributed by atoms with Crippen molar-refractivity contribution >= 4 is 11.9 Å². The maximum Gasteiger partial charge on any atom is 0.336 e. The number of carbonyl (C=O) groups is 2. The molecule has 0 spiro atoms. The second-order valence-corrected chi connectivity index (χ2v) is 3.58. The van der Waals surface area contributed by atoms with Gasteiger partial charge in [0.25, 0.3) is 0 Å². The number of aliphatic hydroxyl groups is 1. The van der Waals surface area contributed by atoms with E-state index < -0.39 is 11.9 Å². The molecule has 0 bridgehead atoms. The molecular formula is C12H14O6. The fourth-order valence-electron chi connectivity index (χ4n) is 1.47. The molecule has 18 heavy (non-hydrogen) atoms. The highest BCUT2D eigenvalue weighted by Crippen LogP contribution is 2.13. The van der Waals surface area contributed by atoms with Gasteiger partial charge < -0.3 is 20.1 Å². The van der Waals surface area contributed by atoms with Gasteiger partial charge in [0.1, 0.15) is 0 Å². The fourth-order valence-corrected chi connectivity index (χ4v) is 1.47. The second-order valence-electron chi connectivity index (χ2n) is 3.58. The molecule has 0 fully saturated rings. The summed E-state index contributed by atoms with van der Waals surface area (Å²) in [6.07, 6.45) is 0.459. The highest BCUT2D eigenvalue weighted by molar-refractivity contribution is 6.01. The molecule has 0 amide bonds. The number of ether oxygens (including phenoxy) is 1. The molecule has 0 aliphatic heterocycles. The highest BCUT2D eigenvalue weighted by atomic mass is 16.5. The maximum atomic E-state index is 10.9. The van der Waals surface area contributed by atoms with Crippen LogP contribution in [0, 0.1) is 0 Å². The Morgan fingerprint density at radius 2 is 1.72 bits per heavy atom. The van der Waals surface area contributed by atoms with E-state index in [9.17, 15) is 9.59 Å². The summed E-state index contributed by atoms with van der Waals surface area (Å²) < 4.78 is 5.05. The first kappa shape index (κ1) is 14.1. The monoisotopic (exact) mass is 254 g/mol. The number of hydrogen-bond donors (Lipinski definition) is 3. The number of carboxylic acids is 2. The molecule has 1 aromatic rings. The second kappa shape index (κ2) is 6.73. The molecule has 98 valence electrons. The van der Waals surface area contributed by atoms with Crippen LogP contribution in [0.2, 0.25) is 0 Å². The molecular weight excluding hydrogens is 240 g/mol. The van der Waals surface area contributed by atoms with Crippen LogP contribution < -0.4 is 0 Å². The van der Waals surface area contributed by atoms with Gasteiger partial charge in [-0.15, -0.1) is 0 Å². The molecule has 0 radical (unpaired) electrons. The third kappa shape index (κ3) is 3.83. The van der Waals surface area contributed by atoms with Crippen molar-refractivity contribution in [2.45, 2.75) is 6.42 Å². The SMILES string of the molecule is O=C(O)c1ccc(CCOCCO)cc1C(=O)O. The van der Waals surface area contributed by atoms with Crippen LogP contribution in [-0.4, -0.2) is 47.1 Å². The molecule has 6 heteroatoms. The Hall–Kier alpha value is -1.92. The average Bonchev–Trinajstić information content (AvgIpc) is 2.34. The van der Waals surface area contributed by atoms with Gasteiger partial charge in [-0.05, 0) is 24.1 Å². The lowest BCUT2D eigenvalue weighted by Gasteiger charge is -2.06. The van der Waals surface area contributed by atoms with E-state index >= 15 is 0 Å². The third-order valence-electron chi connectivity index (χ3n) is 2.32. The lowest BCUT2D eigenvalue weighted by Crippen LogP contribution is -2.09. The third-order valence-corrected chi connectivity index (χ3v) is 2.32. The van der Waals surface area contributed by atoms with Crippen LogP contribution in [0.3, 0.4) is 0 Å². The molecule has 1 aromatic carbocycles. The topological polar surface area (TPSA) is 104 Å². The zero-order valence-electron chi connectivity index (χ0n) is 9.63. The maximum absolute atomic E-state index is 10.9. The number of aromatic carboxylic acids is 2. The van der Waals surface area contributed by atoms with Gasteiger partial charge in [-0.1, -0.05) is 6.07 Å². The summed E-state index contributed by atoms with van der Waals surface area (Å²) in [4.78, 5) is 21.7. The van der Waals surface area contributed by atoms with Crippen molar-refractivity contribution in [2.75, 3.05) is 19.8 Å². The molecule has 0 aliphatic carbocycles. The molecule has 0 atom stereocenters. The molecule has 0 unspecified atom stereocenters. The van der Waals surface area contributed by atoms with Crippen molar-refractivity contribution < 1.29 is 29.6 Å². The Balaban J connectivity index is 2.80. The first-order chi connectivity index (χ1) is 8.56. The first-order valence-electron chi connectivity index (χ1n) is 5.34. The van der Waals surface area contributed by atoms with Gasteiger partial charge in [-0.3, -0.25) is 0 Å². The van der Waals surface area contributed by atoms with E-state index in [-0.39, 0.29) is 24.3 Å². The van der Waals surface area contributed by atoms with Gasteiger partial charge in [0.05, 0.1) is 30.9 Å². The van der Waals surface area contributed by atoms with Crippen molar-refractivity contribution in [3.63, 3.8) is 0 Å². The van der Waals surface area contributed by atoms with Crippen molar-refractivity contribution in [1.29, 1.82) is 0 Å². The van der Waals surface area contributed by atoms with E-state index in [2.05, 4.69) is 0 Å². The van der Waals surface area contributed by atoms with E-state index in [1.807, 2.05) is 0 Å². The minimum absolute atomic E-state index is 0.0711. The Morgan fingerprint density at radius 3 is 2.28 bits per heavy atom. The summed E-state index contributed by atoms with van der Waals surface area (Å²) >= 11 is 0. The first-order valence-corrected chi connectivity index (χ1v) is 5.34. The molecule has 0 aliphatic rings. The molecule has 1 rings (SSSR count). The number of rotatable bonds is 7. The Morgan fingerprint density at radius 1 is 1.06 bits per heavy atom. The summed E-state index contributed by atoms with van der Waals surface area (Å²) in [7, 11) is 0. The van der Waals surface area contributed by atoms with Crippen molar-refractivity contribution in [1.82, 2.24) is 0 Å². The normalized spacial score (nSPS) is 10.3. The van der Waals surface area contributed by atoms with E-state index in [0.717, 1.165) is 0 Å². The average molecular weight is 254 g/mol. The van der Waals surface area contributed by atoms with Crippen LogP contribution in [0.1, 0.15) is 26.3 Å². The van der Waals surface area contributed by atoms with Crippen molar-refractivity contribution in [3.05, 3.63) is 34.9 Å². The van der Waals surface area contributed by atoms with Crippen molar-refractivity contribution in [2.24, 2.45) is 0 Å². The van der Waals surface area contributed by atoms with E-state index in [0.29, 0.717) is 18.6 Å². The number of aliphatic hydroxyl groups excluding tert-OH is 1. The lowest BCUT2D eigenvalue weighted by molar-refractivity contribution is 0.0651. The molecule has 3 N–H and O–H groups in total. The zero-order chi connectivity index (χ0) is 13.5. The Bertz CT molecular complexity index is 440. The van der Waals surface area contributed by atoms with Crippen LogP contribution in [0.4, 0.5) is 0 Å². The zero-order valence-corrected chi connectivity index (χ0v) is 9.63. The quantitative estimate of drug-likeness (QED) is 0.617.